The van der Waals surface area contributed by atoms with Gasteiger partial charge in [-0.25, -0.2) is 0 Å². The van der Waals surface area contributed by atoms with Gasteiger partial charge in [0.25, 0.3) is 0 Å². The molecule has 4 heteroatoms. The van der Waals surface area contributed by atoms with E-state index in [-0.39, 0.29) is 5.91 Å². The number of hydrogen-bond acceptors (Lipinski definition) is 2. The molecule has 0 bridgehead atoms. The fourth-order valence-electron chi connectivity index (χ4n) is 2.52. The number of thiophene rings is 1. The average Bonchev–Trinajstić information content (AvgIpc) is 3.15. The van der Waals surface area contributed by atoms with Crippen molar-refractivity contribution in [3.8, 4) is 0 Å². The van der Waals surface area contributed by atoms with Crippen LogP contribution in [0.25, 0.3) is 10.9 Å². The Hall–Kier alpha value is -2.07. The third kappa shape index (κ3) is 3.00. The summed E-state index contributed by atoms with van der Waals surface area (Å²) in [6.07, 6.45) is 2.39. The molecule has 0 aliphatic carbocycles. The van der Waals surface area contributed by atoms with Gasteiger partial charge in [-0.3, -0.25) is 4.79 Å². The van der Waals surface area contributed by atoms with E-state index in [0.717, 1.165) is 23.0 Å². The molecule has 0 radical (unpaired) electrons. The number of nitrogens with one attached hydrogen (secondary N) is 1. The number of nitrogens with zero attached hydrogens (tertiary/aromatic N) is 1. The summed E-state index contributed by atoms with van der Waals surface area (Å²) in [5.41, 5.74) is 2.15. The Labute approximate surface area is 128 Å². The van der Waals surface area contributed by atoms with Crippen LogP contribution in [0.1, 0.15) is 17.4 Å². The molecule has 1 aromatic carbocycles. The van der Waals surface area contributed by atoms with Crippen LogP contribution < -0.4 is 0 Å². The summed E-state index contributed by atoms with van der Waals surface area (Å²) in [7, 11) is 0. The zero-order chi connectivity index (χ0) is 14.7. The first kappa shape index (κ1) is 13.9. The van der Waals surface area contributed by atoms with Crippen LogP contribution in [0.2, 0.25) is 0 Å². The van der Waals surface area contributed by atoms with E-state index < -0.39 is 0 Å². The third-order valence-corrected chi connectivity index (χ3v) is 4.54. The summed E-state index contributed by atoms with van der Waals surface area (Å²) >= 11 is 1.69. The number of carbonyl (C=O) groups excluding carboxylic acids is 1. The Kier molecular flexibility index (Phi) is 4.06. The molecule has 0 fully saturated rings. The van der Waals surface area contributed by atoms with Crippen LogP contribution in [0.4, 0.5) is 0 Å². The van der Waals surface area contributed by atoms with Crippen molar-refractivity contribution >= 4 is 28.1 Å². The molecule has 0 saturated heterocycles. The molecule has 3 nitrogen and oxygen atoms in total. The van der Waals surface area contributed by atoms with Crippen molar-refractivity contribution in [1.82, 2.24) is 9.88 Å². The summed E-state index contributed by atoms with van der Waals surface area (Å²) in [5.74, 6) is 0.177. The van der Waals surface area contributed by atoms with Crippen LogP contribution in [0.15, 0.2) is 48.0 Å². The third-order valence-electron chi connectivity index (χ3n) is 3.68. The normalized spacial score (nSPS) is 10.9. The molecule has 0 spiro atoms. The summed E-state index contributed by atoms with van der Waals surface area (Å²) < 4.78 is 0. The van der Waals surface area contributed by atoms with Gasteiger partial charge in [-0.05, 0) is 30.0 Å². The molecule has 0 saturated carbocycles. The van der Waals surface area contributed by atoms with Crippen molar-refractivity contribution in [1.29, 1.82) is 0 Å². The van der Waals surface area contributed by atoms with Crippen LogP contribution in [0.3, 0.4) is 0 Å². The number of hydrogen-bond donors (Lipinski definition) is 1. The highest BCUT2D eigenvalue weighted by Gasteiger charge is 2.15. The molecule has 3 aromatic rings. The minimum absolute atomic E-state index is 0.177. The molecule has 2 heterocycles. The maximum Gasteiger partial charge on any atom is 0.227 e. The summed E-state index contributed by atoms with van der Waals surface area (Å²) in [6, 6.07) is 12.2. The van der Waals surface area contributed by atoms with Gasteiger partial charge in [-0.15, -0.1) is 11.3 Å². The number of benzene rings is 1. The first-order valence-corrected chi connectivity index (χ1v) is 8.01. The number of aromatic amines is 1. The number of para-hydroxylation sites is 1. The van der Waals surface area contributed by atoms with Crippen LogP contribution in [0.5, 0.6) is 0 Å². The highest BCUT2D eigenvalue weighted by atomic mass is 32.1. The highest BCUT2D eigenvalue weighted by Crippen LogP contribution is 2.19. The van der Waals surface area contributed by atoms with Crippen molar-refractivity contribution in [2.45, 2.75) is 19.9 Å². The van der Waals surface area contributed by atoms with E-state index in [1.165, 1.54) is 4.88 Å². The molecule has 1 N–H and O–H groups in total. The van der Waals surface area contributed by atoms with Gasteiger partial charge in [-0.1, -0.05) is 24.3 Å². The zero-order valence-electron chi connectivity index (χ0n) is 12.0. The Balaban J connectivity index is 1.75. The molecule has 108 valence electrons. The fraction of sp³-hybridized carbons (Fsp3) is 0.235. The number of fused-ring (bicyclic) bond motifs is 1. The van der Waals surface area contributed by atoms with E-state index in [4.69, 9.17) is 0 Å². The first-order valence-electron chi connectivity index (χ1n) is 7.13. The van der Waals surface area contributed by atoms with Crippen LogP contribution in [-0.4, -0.2) is 22.3 Å². The lowest BCUT2D eigenvalue weighted by atomic mass is 10.1. The van der Waals surface area contributed by atoms with E-state index in [1.54, 1.807) is 11.3 Å². The molecule has 21 heavy (non-hydrogen) atoms. The second kappa shape index (κ2) is 6.14. The van der Waals surface area contributed by atoms with Gasteiger partial charge in [0, 0.05) is 28.5 Å². The number of aromatic nitrogens is 1. The molecule has 0 unspecified atom stereocenters. The second-order valence-electron chi connectivity index (χ2n) is 5.02. The van der Waals surface area contributed by atoms with Gasteiger partial charge in [0.15, 0.2) is 0 Å². The molecule has 0 aliphatic rings. The number of H-pyrrole nitrogens is 1. The lowest BCUT2D eigenvalue weighted by Gasteiger charge is -2.20. The van der Waals surface area contributed by atoms with Crippen LogP contribution in [-0.2, 0) is 17.8 Å². The van der Waals surface area contributed by atoms with Gasteiger partial charge in [0.2, 0.25) is 5.91 Å². The molecule has 0 atom stereocenters. The van der Waals surface area contributed by atoms with Crippen molar-refractivity contribution in [2.24, 2.45) is 0 Å². The topological polar surface area (TPSA) is 36.1 Å². The minimum Gasteiger partial charge on any atom is -0.361 e. The maximum atomic E-state index is 12.5. The lowest BCUT2D eigenvalue weighted by Crippen LogP contribution is -2.31. The van der Waals surface area contributed by atoms with Gasteiger partial charge in [-0.2, -0.15) is 0 Å². The van der Waals surface area contributed by atoms with Gasteiger partial charge < -0.3 is 9.88 Å². The van der Waals surface area contributed by atoms with Gasteiger partial charge in [0.1, 0.15) is 0 Å². The molecule has 3 rings (SSSR count). The molecular formula is C17H18N2OS. The van der Waals surface area contributed by atoms with Gasteiger partial charge >= 0.3 is 0 Å². The SMILES string of the molecule is CCN(Cc1cccs1)C(=O)Cc1c[nH]c2ccccc12. The summed E-state index contributed by atoms with van der Waals surface area (Å²) in [5, 5.41) is 3.19. The summed E-state index contributed by atoms with van der Waals surface area (Å²) in [4.78, 5) is 18.9. The largest absolute Gasteiger partial charge is 0.361 e. The van der Waals surface area contributed by atoms with Crippen LogP contribution >= 0.6 is 11.3 Å². The maximum absolute atomic E-state index is 12.5. The number of rotatable bonds is 5. The van der Waals surface area contributed by atoms with E-state index in [9.17, 15) is 4.79 Å². The fourth-order valence-corrected chi connectivity index (χ4v) is 3.24. The average molecular weight is 298 g/mol. The molecule has 0 aliphatic heterocycles. The van der Waals surface area contributed by atoms with Crippen molar-refractivity contribution in [3.05, 3.63) is 58.4 Å². The number of carbonyl (C=O) groups is 1. The summed E-state index contributed by atoms with van der Waals surface area (Å²) in [6.45, 7) is 3.47. The standard InChI is InChI=1S/C17H18N2OS/c1-2-19(12-14-6-5-9-21-14)17(20)10-13-11-18-16-8-4-3-7-15(13)16/h3-9,11,18H,2,10,12H2,1H3. The Morgan fingerprint density at radius 3 is 2.86 bits per heavy atom. The van der Waals surface area contributed by atoms with E-state index >= 15 is 0 Å². The number of amides is 1. The second-order valence-corrected chi connectivity index (χ2v) is 6.06. The lowest BCUT2D eigenvalue weighted by molar-refractivity contribution is -0.130. The Bertz CT molecular complexity index is 730. The predicted molar refractivity (Wildman–Crippen MR) is 87.4 cm³/mol. The first-order chi connectivity index (χ1) is 10.3. The van der Waals surface area contributed by atoms with E-state index in [1.807, 2.05) is 47.7 Å². The van der Waals surface area contributed by atoms with Crippen molar-refractivity contribution in [2.75, 3.05) is 6.54 Å². The van der Waals surface area contributed by atoms with E-state index in [2.05, 4.69) is 17.1 Å². The highest BCUT2D eigenvalue weighted by molar-refractivity contribution is 7.09. The molecule has 1 amide bonds. The van der Waals surface area contributed by atoms with Crippen molar-refractivity contribution in [3.63, 3.8) is 0 Å². The minimum atomic E-state index is 0.177. The predicted octanol–water partition coefficient (Wildman–Crippen LogP) is 3.82. The Morgan fingerprint density at radius 1 is 1.24 bits per heavy atom. The van der Waals surface area contributed by atoms with Crippen molar-refractivity contribution < 1.29 is 4.79 Å². The van der Waals surface area contributed by atoms with E-state index in [0.29, 0.717) is 13.0 Å². The smallest absolute Gasteiger partial charge is 0.227 e. The zero-order valence-corrected chi connectivity index (χ0v) is 12.8. The number of likely N-dealkylation sites (N-methyl/N-ethyl adjacent to an activating group) is 1. The van der Waals surface area contributed by atoms with Gasteiger partial charge in [0.05, 0.1) is 13.0 Å². The molecule has 2 aromatic heterocycles. The van der Waals surface area contributed by atoms with Crippen LogP contribution in [0, 0.1) is 0 Å². The molecular weight excluding hydrogens is 280 g/mol. The Morgan fingerprint density at radius 2 is 2.10 bits per heavy atom. The monoisotopic (exact) mass is 298 g/mol. The quantitative estimate of drug-likeness (QED) is 0.763.